The Hall–Kier alpha value is -2.16. The van der Waals surface area contributed by atoms with Gasteiger partial charge in [0.25, 0.3) is 0 Å². The summed E-state index contributed by atoms with van der Waals surface area (Å²) >= 11 is 0. The molecule has 21 heavy (non-hydrogen) atoms. The van der Waals surface area contributed by atoms with E-state index in [1.54, 1.807) is 6.20 Å². The Morgan fingerprint density at radius 3 is 2.33 bits per heavy atom. The van der Waals surface area contributed by atoms with E-state index in [2.05, 4.69) is 4.98 Å². The molecule has 3 heteroatoms. The molecule has 1 amide bonds. The zero-order chi connectivity index (χ0) is 15.2. The number of rotatable bonds is 5. The molecule has 0 radical (unpaired) electrons. The van der Waals surface area contributed by atoms with E-state index in [1.807, 2.05) is 68.1 Å². The van der Waals surface area contributed by atoms with Crippen LogP contribution in [0.5, 0.6) is 0 Å². The number of aryl methyl sites for hydroxylation is 1. The number of amides is 1. The lowest BCUT2D eigenvalue weighted by atomic mass is 9.90. The van der Waals surface area contributed by atoms with Crippen LogP contribution in [0.1, 0.15) is 36.6 Å². The quantitative estimate of drug-likeness (QED) is 0.842. The van der Waals surface area contributed by atoms with Gasteiger partial charge in [0.1, 0.15) is 5.92 Å². The van der Waals surface area contributed by atoms with Crippen molar-refractivity contribution in [2.75, 3.05) is 13.1 Å². The first-order valence-corrected chi connectivity index (χ1v) is 7.44. The number of hydrogen-bond acceptors (Lipinski definition) is 2. The molecule has 2 aromatic rings. The van der Waals surface area contributed by atoms with Gasteiger partial charge >= 0.3 is 0 Å². The zero-order valence-corrected chi connectivity index (χ0v) is 12.9. The summed E-state index contributed by atoms with van der Waals surface area (Å²) in [5, 5.41) is 0. The third-order valence-electron chi connectivity index (χ3n) is 3.81. The standard InChI is InChI=1S/C18H22N2O/c1-4-20(5-2)18(21)17(16-12-8-9-13-19-16)15-11-7-6-10-14(15)3/h6-13,17H,4-5H2,1-3H3. The van der Waals surface area contributed by atoms with Crippen LogP contribution in [0.2, 0.25) is 0 Å². The zero-order valence-electron chi connectivity index (χ0n) is 12.9. The van der Waals surface area contributed by atoms with Crippen molar-refractivity contribution in [3.05, 3.63) is 65.5 Å². The molecule has 0 bridgehead atoms. The fourth-order valence-corrected chi connectivity index (χ4v) is 2.59. The van der Waals surface area contributed by atoms with Gasteiger partial charge in [-0.15, -0.1) is 0 Å². The third-order valence-corrected chi connectivity index (χ3v) is 3.81. The average Bonchev–Trinajstić information content (AvgIpc) is 2.52. The van der Waals surface area contributed by atoms with Gasteiger partial charge in [-0.2, -0.15) is 0 Å². The molecule has 0 spiro atoms. The summed E-state index contributed by atoms with van der Waals surface area (Å²) in [7, 11) is 0. The topological polar surface area (TPSA) is 33.2 Å². The van der Waals surface area contributed by atoms with E-state index in [1.165, 1.54) is 0 Å². The van der Waals surface area contributed by atoms with Crippen molar-refractivity contribution in [3.8, 4) is 0 Å². The summed E-state index contributed by atoms with van der Waals surface area (Å²) < 4.78 is 0. The summed E-state index contributed by atoms with van der Waals surface area (Å²) in [6.45, 7) is 7.49. The summed E-state index contributed by atoms with van der Waals surface area (Å²) in [6, 6.07) is 13.8. The van der Waals surface area contributed by atoms with Gasteiger partial charge in [0, 0.05) is 19.3 Å². The Morgan fingerprint density at radius 2 is 1.76 bits per heavy atom. The van der Waals surface area contributed by atoms with Crippen molar-refractivity contribution in [1.82, 2.24) is 9.88 Å². The highest BCUT2D eigenvalue weighted by molar-refractivity contribution is 5.87. The highest BCUT2D eigenvalue weighted by atomic mass is 16.2. The maximum atomic E-state index is 12.9. The second-order valence-electron chi connectivity index (χ2n) is 5.05. The van der Waals surface area contributed by atoms with E-state index in [4.69, 9.17) is 0 Å². The molecule has 110 valence electrons. The number of hydrogen-bond donors (Lipinski definition) is 0. The van der Waals surface area contributed by atoms with E-state index in [9.17, 15) is 4.79 Å². The second-order valence-corrected chi connectivity index (χ2v) is 5.05. The van der Waals surface area contributed by atoms with Crippen molar-refractivity contribution in [1.29, 1.82) is 0 Å². The van der Waals surface area contributed by atoms with Crippen molar-refractivity contribution in [2.24, 2.45) is 0 Å². The lowest BCUT2D eigenvalue weighted by Gasteiger charge is -2.26. The van der Waals surface area contributed by atoms with E-state index < -0.39 is 0 Å². The first kappa shape index (κ1) is 15.2. The van der Waals surface area contributed by atoms with Crippen LogP contribution in [0.4, 0.5) is 0 Å². The molecule has 1 heterocycles. The minimum Gasteiger partial charge on any atom is -0.342 e. The van der Waals surface area contributed by atoms with Crippen LogP contribution >= 0.6 is 0 Å². The minimum absolute atomic E-state index is 0.119. The van der Waals surface area contributed by atoms with Crippen molar-refractivity contribution >= 4 is 5.91 Å². The molecule has 0 aliphatic heterocycles. The molecule has 0 aliphatic carbocycles. The average molecular weight is 282 g/mol. The fourth-order valence-electron chi connectivity index (χ4n) is 2.59. The molecule has 1 aromatic heterocycles. The SMILES string of the molecule is CCN(CC)C(=O)C(c1ccccn1)c1ccccc1C. The predicted octanol–water partition coefficient (Wildman–Crippen LogP) is 3.39. The van der Waals surface area contributed by atoms with E-state index >= 15 is 0 Å². The number of benzene rings is 1. The van der Waals surface area contributed by atoms with Gasteiger partial charge in [0.05, 0.1) is 5.69 Å². The van der Waals surface area contributed by atoms with Crippen LogP contribution in [0.15, 0.2) is 48.7 Å². The molecule has 0 aliphatic rings. The van der Waals surface area contributed by atoms with Crippen LogP contribution in [0, 0.1) is 6.92 Å². The molecular weight excluding hydrogens is 260 g/mol. The summed E-state index contributed by atoms with van der Waals surface area (Å²) in [6.07, 6.45) is 1.75. The highest BCUT2D eigenvalue weighted by Gasteiger charge is 2.28. The van der Waals surface area contributed by atoms with Gasteiger partial charge in [-0.25, -0.2) is 0 Å². The summed E-state index contributed by atoms with van der Waals surface area (Å²) in [5.41, 5.74) is 2.96. The Bertz CT molecular complexity index is 591. The number of nitrogens with zero attached hydrogens (tertiary/aromatic N) is 2. The van der Waals surface area contributed by atoms with Crippen LogP contribution in [-0.2, 0) is 4.79 Å². The number of carbonyl (C=O) groups excluding carboxylic acids is 1. The lowest BCUT2D eigenvalue weighted by molar-refractivity contribution is -0.131. The molecule has 2 rings (SSSR count). The highest BCUT2D eigenvalue weighted by Crippen LogP contribution is 2.27. The molecule has 0 saturated heterocycles. The maximum Gasteiger partial charge on any atom is 0.236 e. The number of aromatic nitrogens is 1. The van der Waals surface area contributed by atoms with Gasteiger partial charge in [0.2, 0.25) is 5.91 Å². The van der Waals surface area contributed by atoms with E-state index in [0.717, 1.165) is 16.8 Å². The van der Waals surface area contributed by atoms with Crippen LogP contribution in [-0.4, -0.2) is 28.9 Å². The molecule has 0 fully saturated rings. The third kappa shape index (κ3) is 3.30. The molecule has 3 nitrogen and oxygen atoms in total. The molecule has 1 unspecified atom stereocenters. The first-order chi connectivity index (χ1) is 10.2. The smallest absolute Gasteiger partial charge is 0.236 e. The van der Waals surface area contributed by atoms with Crippen LogP contribution in [0.25, 0.3) is 0 Å². The largest absolute Gasteiger partial charge is 0.342 e. The van der Waals surface area contributed by atoms with E-state index in [0.29, 0.717) is 13.1 Å². The second kappa shape index (κ2) is 7.02. The molecule has 0 N–H and O–H groups in total. The molecule has 1 atom stereocenters. The Morgan fingerprint density at radius 1 is 1.10 bits per heavy atom. The maximum absolute atomic E-state index is 12.9. The van der Waals surface area contributed by atoms with Crippen molar-refractivity contribution in [3.63, 3.8) is 0 Å². The molecule has 0 saturated carbocycles. The predicted molar refractivity (Wildman–Crippen MR) is 85.2 cm³/mol. The van der Waals surface area contributed by atoms with Gasteiger partial charge in [0.15, 0.2) is 0 Å². The van der Waals surface area contributed by atoms with Gasteiger partial charge in [-0.1, -0.05) is 30.3 Å². The number of pyridine rings is 1. The summed E-state index contributed by atoms with van der Waals surface area (Å²) in [5.74, 6) is -0.208. The van der Waals surface area contributed by atoms with Gasteiger partial charge in [-0.05, 0) is 44.0 Å². The summed E-state index contributed by atoms with van der Waals surface area (Å²) in [4.78, 5) is 19.2. The van der Waals surface area contributed by atoms with Gasteiger partial charge in [-0.3, -0.25) is 9.78 Å². The Labute approximate surface area is 126 Å². The molecular formula is C18H22N2O. The number of likely N-dealkylation sites (N-methyl/N-ethyl adjacent to an activating group) is 1. The fraction of sp³-hybridized carbons (Fsp3) is 0.333. The first-order valence-electron chi connectivity index (χ1n) is 7.44. The minimum atomic E-state index is -0.327. The lowest BCUT2D eigenvalue weighted by Crippen LogP contribution is -2.35. The van der Waals surface area contributed by atoms with Crippen molar-refractivity contribution in [2.45, 2.75) is 26.7 Å². The normalized spacial score (nSPS) is 12.0. The number of carbonyl (C=O) groups is 1. The van der Waals surface area contributed by atoms with Crippen molar-refractivity contribution < 1.29 is 4.79 Å². The van der Waals surface area contributed by atoms with Crippen LogP contribution in [0.3, 0.4) is 0 Å². The Balaban J connectivity index is 2.50. The Kier molecular flexibility index (Phi) is 5.09. The molecule has 1 aromatic carbocycles. The monoisotopic (exact) mass is 282 g/mol. The van der Waals surface area contributed by atoms with Crippen LogP contribution < -0.4 is 0 Å². The van der Waals surface area contributed by atoms with Gasteiger partial charge < -0.3 is 4.90 Å². The van der Waals surface area contributed by atoms with E-state index in [-0.39, 0.29) is 11.8 Å².